The van der Waals surface area contributed by atoms with Crippen molar-refractivity contribution < 1.29 is 9.59 Å². The molecular weight excluding hydrogens is 208 g/mol. The lowest BCUT2D eigenvalue weighted by atomic mass is 9.93. The van der Waals surface area contributed by atoms with Gasteiger partial charge in [0.25, 0.3) is 0 Å². The lowest BCUT2D eigenvalue weighted by Crippen LogP contribution is -2.47. The van der Waals surface area contributed by atoms with Crippen LogP contribution in [0.3, 0.4) is 0 Å². The first-order chi connectivity index (χ1) is 7.59. The summed E-state index contributed by atoms with van der Waals surface area (Å²) < 4.78 is 0. The highest BCUT2D eigenvalue weighted by Gasteiger charge is 2.18. The predicted octanol–water partition coefficient (Wildman–Crippen LogP) is 0.109. The molecule has 0 aromatic carbocycles. The summed E-state index contributed by atoms with van der Waals surface area (Å²) >= 11 is 0. The molecule has 1 saturated carbocycles. The normalized spacial score (nSPS) is 14.9. The summed E-state index contributed by atoms with van der Waals surface area (Å²) in [4.78, 5) is 23.8. The van der Waals surface area contributed by atoms with Crippen molar-refractivity contribution in [2.75, 3.05) is 27.2 Å². The van der Waals surface area contributed by atoms with Crippen LogP contribution in [-0.4, -0.2) is 50.2 Å². The summed E-state index contributed by atoms with van der Waals surface area (Å²) in [6.45, 7) is 0.882. The molecule has 3 N–H and O–H groups in total. The fraction of sp³-hybridized carbons (Fsp3) is 0.800. The molecule has 6 nitrogen and oxygen atoms in total. The van der Waals surface area contributed by atoms with Gasteiger partial charge in [0, 0.05) is 33.2 Å². The molecule has 0 heterocycles. The molecule has 0 unspecified atom stereocenters. The molecule has 0 aromatic rings. The third-order valence-corrected chi connectivity index (χ3v) is 2.53. The van der Waals surface area contributed by atoms with E-state index >= 15 is 0 Å². The maximum atomic E-state index is 11.3. The average Bonchev–Trinajstić information content (AvgIpc) is 2.18. The lowest BCUT2D eigenvalue weighted by molar-refractivity contribution is 0.216. The monoisotopic (exact) mass is 228 g/mol. The van der Waals surface area contributed by atoms with Gasteiger partial charge in [-0.25, -0.2) is 9.59 Å². The molecule has 1 aliphatic carbocycles. The van der Waals surface area contributed by atoms with Crippen LogP contribution in [-0.2, 0) is 0 Å². The summed E-state index contributed by atoms with van der Waals surface area (Å²) in [5, 5.41) is 8.21. The van der Waals surface area contributed by atoms with Gasteiger partial charge in [-0.2, -0.15) is 0 Å². The number of carbonyl (C=O) groups is 2. The number of rotatable bonds is 4. The van der Waals surface area contributed by atoms with Crippen molar-refractivity contribution in [1.82, 2.24) is 20.9 Å². The summed E-state index contributed by atoms with van der Waals surface area (Å²) in [6, 6.07) is 0.0429. The van der Waals surface area contributed by atoms with Crippen LogP contribution in [0, 0.1) is 0 Å². The van der Waals surface area contributed by atoms with E-state index in [0.29, 0.717) is 19.1 Å². The Kier molecular flexibility index (Phi) is 4.88. The fourth-order valence-electron chi connectivity index (χ4n) is 1.29. The number of nitrogens with zero attached hydrogens (tertiary/aromatic N) is 1. The molecule has 1 rings (SSSR count). The molecule has 1 aliphatic rings. The number of hydrogen-bond acceptors (Lipinski definition) is 2. The van der Waals surface area contributed by atoms with E-state index in [1.54, 1.807) is 14.1 Å². The zero-order valence-electron chi connectivity index (χ0n) is 9.88. The lowest BCUT2D eigenvalue weighted by Gasteiger charge is -2.26. The first kappa shape index (κ1) is 12.6. The number of amides is 4. The summed E-state index contributed by atoms with van der Waals surface area (Å²) in [5.41, 5.74) is 0. The van der Waals surface area contributed by atoms with Crippen molar-refractivity contribution in [3.05, 3.63) is 0 Å². The molecule has 4 amide bonds. The molecule has 0 spiro atoms. The van der Waals surface area contributed by atoms with Crippen molar-refractivity contribution in [3.8, 4) is 0 Å². The highest BCUT2D eigenvalue weighted by molar-refractivity contribution is 5.75. The Labute approximate surface area is 95.8 Å². The van der Waals surface area contributed by atoms with Gasteiger partial charge < -0.3 is 20.9 Å². The molecular formula is C10H20N4O2. The van der Waals surface area contributed by atoms with E-state index in [0.717, 1.165) is 12.8 Å². The molecule has 1 fully saturated rings. The van der Waals surface area contributed by atoms with Gasteiger partial charge in [0.15, 0.2) is 0 Å². The van der Waals surface area contributed by atoms with Gasteiger partial charge in [-0.1, -0.05) is 0 Å². The Morgan fingerprint density at radius 1 is 1.19 bits per heavy atom. The standard InChI is InChI=1S/C10H20N4O2/c1-14(2)10(16)12-7-6-11-9(15)13-8-4-3-5-8/h8H,3-7H2,1-2H3,(H,12,16)(H2,11,13,15). The third kappa shape index (κ3) is 4.37. The summed E-state index contributed by atoms with van der Waals surface area (Å²) in [5.74, 6) is 0. The van der Waals surface area contributed by atoms with Gasteiger partial charge in [-0.15, -0.1) is 0 Å². The van der Waals surface area contributed by atoms with Gasteiger partial charge in [0.1, 0.15) is 0 Å². The smallest absolute Gasteiger partial charge is 0.316 e. The second-order valence-corrected chi connectivity index (χ2v) is 4.15. The van der Waals surface area contributed by atoms with Crippen LogP contribution in [0.5, 0.6) is 0 Å². The zero-order chi connectivity index (χ0) is 12.0. The first-order valence-corrected chi connectivity index (χ1v) is 5.59. The molecule has 92 valence electrons. The Hall–Kier alpha value is -1.46. The second-order valence-electron chi connectivity index (χ2n) is 4.15. The average molecular weight is 228 g/mol. The Morgan fingerprint density at radius 2 is 1.81 bits per heavy atom. The van der Waals surface area contributed by atoms with Crippen molar-refractivity contribution in [2.24, 2.45) is 0 Å². The predicted molar refractivity (Wildman–Crippen MR) is 61.3 cm³/mol. The van der Waals surface area contributed by atoms with Crippen molar-refractivity contribution in [2.45, 2.75) is 25.3 Å². The largest absolute Gasteiger partial charge is 0.336 e. The maximum Gasteiger partial charge on any atom is 0.316 e. The van der Waals surface area contributed by atoms with E-state index in [4.69, 9.17) is 0 Å². The van der Waals surface area contributed by atoms with Gasteiger partial charge in [-0.05, 0) is 19.3 Å². The molecule has 6 heteroatoms. The molecule has 0 radical (unpaired) electrons. The van der Waals surface area contributed by atoms with E-state index in [9.17, 15) is 9.59 Å². The highest BCUT2D eigenvalue weighted by atomic mass is 16.2. The Balaban J connectivity index is 1.97. The van der Waals surface area contributed by atoms with Crippen molar-refractivity contribution >= 4 is 12.1 Å². The van der Waals surface area contributed by atoms with Crippen LogP contribution in [0.2, 0.25) is 0 Å². The van der Waals surface area contributed by atoms with Crippen LogP contribution in [0.1, 0.15) is 19.3 Å². The van der Waals surface area contributed by atoms with Gasteiger partial charge in [-0.3, -0.25) is 0 Å². The van der Waals surface area contributed by atoms with Crippen molar-refractivity contribution in [3.63, 3.8) is 0 Å². The minimum Gasteiger partial charge on any atom is -0.336 e. The van der Waals surface area contributed by atoms with E-state index in [2.05, 4.69) is 16.0 Å². The van der Waals surface area contributed by atoms with Crippen LogP contribution >= 0.6 is 0 Å². The summed E-state index contributed by atoms with van der Waals surface area (Å²) in [6.07, 6.45) is 3.35. The summed E-state index contributed by atoms with van der Waals surface area (Å²) in [7, 11) is 3.35. The zero-order valence-corrected chi connectivity index (χ0v) is 9.88. The van der Waals surface area contributed by atoms with E-state index < -0.39 is 0 Å². The van der Waals surface area contributed by atoms with Crippen molar-refractivity contribution in [1.29, 1.82) is 0 Å². The topological polar surface area (TPSA) is 73.5 Å². The van der Waals surface area contributed by atoms with Gasteiger partial charge in [0.05, 0.1) is 0 Å². The van der Waals surface area contributed by atoms with E-state index in [1.807, 2.05) is 0 Å². The Bertz CT molecular complexity index is 251. The van der Waals surface area contributed by atoms with Crippen LogP contribution in [0.15, 0.2) is 0 Å². The minimum absolute atomic E-state index is 0.149. The number of urea groups is 2. The second kappa shape index (κ2) is 6.19. The highest BCUT2D eigenvalue weighted by Crippen LogP contribution is 2.17. The molecule has 0 aliphatic heterocycles. The third-order valence-electron chi connectivity index (χ3n) is 2.53. The van der Waals surface area contributed by atoms with Gasteiger partial charge in [0.2, 0.25) is 0 Å². The maximum absolute atomic E-state index is 11.3. The SMILES string of the molecule is CN(C)C(=O)NCCNC(=O)NC1CCC1. The number of nitrogens with one attached hydrogen (secondary N) is 3. The number of hydrogen-bond donors (Lipinski definition) is 3. The molecule has 0 saturated heterocycles. The molecule has 0 aromatic heterocycles. The van der Waals surface area contributed by atoms with E-state index in [1.165, 1.54) is 11.3 Å². The van der Waals surface area contributed by atoms with E-state index in [-0.39, 0.29) is 12.1 Å². The minimum atomic E-state index is -0.152. The number of carbonyl (C=O) groups excluding carboxylic acids is 2. The molecule has 0 bridgehead atoms. The Morgan fingerprint density at radius 3 is 2.31 bits per heavy atom. The molecule has 16 heavy (non-hydrogen) atoms. The fourth-order valence-corrected chi connectivity index (χ4v) is 1.29. The van der Waals surface area contributed by atoms with Crippen LogP contribution in [0.25, 0.3) is 0 Å². The quantitative estimate of drug-likeness (QED) is 0.597. The first-order valence-electron chi connectivity index (χ1n) is 5.59. The van der Waals surface area contributed by atoms with Crippen LogP contribution < -0.4 is 16.0 Å². The molecule has 0 atom stereocenters. The van der Waals surface area contributed by atoms with Gasteiger partial charge >= 0.3 is 12.1 Å². The van der Waals surface area contributed by atoms with Crippen LogP contribution in [0.4, 0.5) is 9.59 Å².